The zero-order valence-electron chi connectivity index (χ0n) is 9.99. The van der Waals surface area contributed by atoms with Crippen LogP contribution in [0.1, 0.15) is 37.7 Å². The van der Waals surface area contributed by atoms with Crippen LogP contribution in [0.4, 0.5) is 5.82 Å². The molecule has 0 spiro atoms. The van der Waals surface area contributed by atoms with E-state index in [0.29, 0.717) is 6.10 Å². The summed E-state index contributed by atoms with van der Waals surface area (Å²) in [5.74, 6) is 1.58. The van der Waals surface area contributed by atoms with Crippen molar-refractivity contribution in [3.8, 4) is 5.88 Å². The summed E-state index contributed by atoms with van der Waals surface area (Å²) < 4.78 is 5.94. The van der Waals surface area contributed by atoms with Gasteiger partial charge in [-0.3, -0.25) is 0 Å². The number of aromatic nitrogens is 2. The zero-order valence-corrected chi connectivity index (χ0v) is 9.99. The molecule has 4 nitrogen and oxygen atoms in total. The summed E-state index contributed by atoms with van der Waals surface area (Å²) in [7, 11) is 1.86. The minimum atomic E-state index is 0.340. The van der Waals surface area contributed by atoms with Gasteiger partial charge >= 0.3 is 0 Å². The molecule has 0 aliphatic heterocycles. The maximum Gasteiger partial charge on any atom is 0.221 e. The van der Waals surface area contributed by atoms with E-state index in [1.165, 1.54) is 19.3 Å². The lowest BCUT2D eigenvalue weighted by Gasteiger charge is -2.23. The first-order valence-corrected chi connectivity index (χ1v) is 5.97. The van der Waals surface area contributed by atoms with Crippen molar-refractivity contribution in [3.63, 3.8) is 0 Å². The summed E-state index contributed by atoms with van der Waals surface area (Å²) in [4.78, 5) is 8.36. The number of rotatable bonds is 3. The summed E-state index contributed by atoms with van der Waals surface area (Å²) in [6.07, 6.45) is 8.08. The van der Waals surface area contributed by atoms with Crippen molar-refractivity contribution in [1.82, 2.24) is 9.97 Å². The Kier molecular flexibility index (Phi) is 3.59. The molecule has 0 amide bonds. The Labute approximate surface area is 96.4 Å². The fraction of sp³-hybridized carbons (Fsp3) is 0.667. The maximum absolute atomic E-state index is 5.94. The second-order valence-electron chi connectivity index (χ2n) is 4.28. The third-order valence-electron chi connectivity index (χ3n) is 3.11. The van der Waals surface area contributed by atoms with Gasteiger partial charge in [-0.2, -0.15) is 0 Å². The largest absolute Gasteiger partial charge is 0.474 e. The fourth-order valence-electron chi connectivity index (χ4n) is 2.15. The van der Waals surface area contributed by atoms with Gasteiger partial charge in [0.05, 0.1) is 5.56 Å². The Morgan fingerprint density at radius 2 is 2.00 bits per heavy atom. The number of anilines is 1. The van der Waals surface area contributed by atoms with E-state index in [9.17, 15) is 0 Å². The van der Waals surface area contributed by atoms with E-state index in [-0.39, 0.29) is 0 Å². The van der Waals surface area contributed by atoms with Gasteiger partial charge in [-0.15, -0.1) is 0 Å². The highest BCUT2D eigenvalue weighted by atomic mass is 16.5. The normalized spacial score (nSPS) is 17.1. The Hall–Kier alpha value is -1.32. The standard InChI is InChI=1S/C12H19N3O/c1-9-11(13-2)14-8-15-12(9)16-10-6-4-3-5-7-10/h8,10H,3-7H2,1-2H3,(H,13,14,15). The molecular weight excluding hydrogens is 202 g/mol. The van der Waals surface area contributed by atoms with Crippen molar-refractivity contribution in [2.75, 3.05) is 12.4 Å². The molecule has 1 N–H and O–H groups in total. The molecule has 0 unspecified atom stereocenters. The smallest absolute Gasteiger partial charge is 0.221 e. The van der Waals surface area contributed by atoms with E-state index in [1.54, 1.807) is 6.33 Å². The molecule has 1 fully saturated rings. The lowest BCUT2D eigenvalue weighted by Crippen LogP contribution is -2.20. The van der Waals surface area contributed by atoms with Crippen LogP contribution in [0.25, 0.3) is 0 Å². The van der Waals surface area contributed by atoms with Gasteiger partial charge < -0.3 is 10.1 Å². The Morgan fingerprint density at radius 1 is 1.25 bits per heavy atom. The summed E-state index contributed by atoms with van der Waals surface area (Å²) in [5, 5.41) is 3.04. The van der Waals surface area contributed by atoms with Crippen molar-refractivity contribution in [1.29, 1.82) is 0 Å². The summed E-state index contributed by atoms with van der Waals surface area (Å²) >= 11 is 0. The van der Waals surface area contributed by atoms with Crippen LogP contribution in [-0.2, 0) is 0 Å². The summed E-state index contributed by atoms with van der Waals surface area (Å²) in [5.41, 5.74) is 0.996. The second kappa shape index (κ2) is 5.14. The molecule has 1 aromatic heterocycles. The SMILES string of the molecule is CNc1ncnc(OC2CCCCC2)c1C. The molecule has 4 heteroatoms. The number of ether oxygens (including phenoxy) is 1. The van der Waals surface area contributed by atoms with Crippen LogP contribution in [0.3, 0.4) is 0 Å². The molecule has 2 rings (SSSR count). The average molecular weight is 221 g/mol. The van der Waals surface area contributed by atoms with E-state index in [2.05, 4.69) is 15.3 Å². The molecular formula is C12H19N3O. The van der Waals surface area contributed by atoms with Gasteiger partial charge in [0.25, 0.3) is 0 Å². The fourth-order valence-corrected chi connectivity index (χ4v) is 2.15. The monoisotopic (exact) mass is 221 g/mol. The van der Waals surface area contributed by atoms with Crippen LogP contribution in [0.15, 0.2) is 6.33 Å². The zero-order chi connectivity index (χ0) is 11.4. The predicted octanol–water partition coefficient (Wildman–Crippen LogP) is 2.54. The summed E-state index contributed by atoms with van der Waals surface area (Å²) in [6.45, 7) is 1.99. The van der Waals surface area contributed by atoms with Gasteiger partial charge in [-0.25, -0.2) is 9.97 Å². The topological polar surface area (TPSA) is 47.0 Å². The first-order valence-electron chi connectivity index (χ1n) is 5.97. The van der Waals surface area contributed by atoms with Crippen molar-refractivity contribution < 1.29 is 4.74 Å². The van der Waals surface area contributed by atoms with Crippen LogP contribution in [0.5, 0.6) is 5.88 Å². The molecule has 1 aliphatic rings. The molecule has 16 heavy (non-hydrogen) atoms. The van der Waals surface area contributed by atoms with E-state index in [1.807, 2.05) is 14.0 Å². The van der Waals surface area contributed by atoms with Gasteiger partial charge in [0, 0.05) is 7.05 Å². The quantitative estimate of drug-likeness (QED) is 0.852. The first-order chi connectivity index (χ1) is 7.81. The summed E-state index contributed by atoms with van der Waals surface area (Å²) in [6, 6.07) is 0. The molecule has 0 aromatic carbocycles. The Bertz CT molecular complexity index is 348. The van der Waals surface area contributed by atoms with Crippen LogP contribution >= 0.6 is 0 Å². The van der Waals surface area contributed by atoms with Gasteiger partial charge in [0.2, 0.25) is 5.88 Å². The maximum atomic E-state index is 5.94. The van der Waals surface area contributed by atoms with E-state index >= 15 is 0 Å². The van der Waals surface area contributed by atoms with E-state index in [0.717, 1.165) is 30.1 Å². The molecule has 1 heterocycles. The van der Waals surface area contributed by atoms with Crippen LogP contribution in [0.2, 0.25) is 0 Å². The third-order valence-corrected chi connectivity index (χ3v) is 3.11. The average Bonchev–Trinajstić information content (AvgIpc) is 2.33. The van der Waals surface area contributed by atoms with Gasteiger partial charge in [0.15, 0.2) is 0 Å². The molecule has 0 bridgehead atoms. The number of hydrogen-bond donors (Lipinski definition) is 1. The van der Waals surface area contributed by atoms with Crippen LogP contribution in [-0.4, -0.2) is 23.1 Å². The molecule has 0 radical (unpaired) electrons. The van der Waals surface area contributed by atoms with Crippen molar-refractivity contribution in [3.05, 3.63) is 11.9 Å². The third kappa shape index (κ3) is 2.43. The lowest BCUT2D eigenvalue weighted by atomic mass is 9.98. The molecule has 1 saturated carbocycles. The Balaban J connectivity index is 2.08. The number of nitrogens with one attached hydrogen (secondary N) is 1. The van der Waals surface area contributed by atoms with Gasteiger partial charge in [-0.1, -0.05) is 6.42 Å². The van der Waals surface area contributed by atoms with Gasteiger partial charge in [0.1, 0.15) is 18.2 Å². The molecule has 88 valence electrons. The molecule has 1 aromatic rings. The minimum Gasteiger partial charge on any atom is -0.474 e. The highest BCUT2D eigenvalue weighted by Crippen LogP contribution is 2.26. The molecule has 1 aliphatic carbocycles. The van der Waals surface area contributed by atoms with Crippen molar-refractivity contribution in [2.45, 2.75) is 45.1 Å². The highest BCUT2D eigenvalue weighted by Gasteiger charge is 2.17. The lowest BCUT2D eigenvalue weighted by molar-refractivity contribution is 0.147. The van der Waals surface area contributed by atoms with Crippen molar-refractivity contribution >= 4 is 5.82 Å². The van der Waals surface area contributed by atoms with Gasteiger partial charge in [-0.05, 0) is 32.6 Å². The van der Waals surface area contributed by atoms with Crippen molar-refractivity contribution in [2.24, 2.45) is 0 Å². The van der Waals surface area contributed by atoms with Crippen LogP contribution < -0.4 is 10.1 Å². The van der Waals surface area contributed by atoms with E-state index in [4.69, 9.17) is 4.74 Å². The predicted molar refractivity (Wildman–Crippen MR) is 63.8 cm³/mol. The Morgan fingerprint density at radius 3 is 2.69 bits per heavy atom. The molecule has 0 saturated heterocycles. The van der Waals surface area contributed by atoms with E-state index < -0.39 is 0 Å². The number of nitrogens with zero attached hydrogens (tertiary/aromatic N) is 2. The first kappa shape index (κ1) is 11.2. The van der Waals surface area contributed by atoms with Crippen LogP contribution in [0, 0.1) is 6.92 Å². The highest BCUT2D eigenvalue weighted by molar-refractivity contribution is 5.46. The second-order valence-corrected chi connectivity index (χ2v) is 4.28. The molecule has 0 atom stereocenters. The number of hydrogen-bond acceptors (Lipinski definition) is 4. The minimum absolute atomic E-state index is 0.340.